The number of hydrogen-bond acceptors (Lipinski definition) is 5. The summed E-state index contributed by atoms with van der Waals surface area (Å²) in [5.41, 5.74) is -3.53. The van der Waals surface area contributed by atoms with Crippen LogP contribution in [0.15, 0.2) is 48.7 Å². The highest BCUT2D eigenvalue weighted by Crippen LogP contribution is 2.41. The highest BCUT2D eigenvalue weighted by atomic mass is 19.4. The number of carbonyl (C=O) groups is 2. The molecule has 0 spiro atoms. The number of aromatic nitrogens is 1. The fraction of sp³-hybridized carbons (Fsp3) is 0.457. The number of hydrogen-bond donors (Lipinski definition) is 2. The molecule has 1 aliphatic heterocycles. The number of rotatable bonds is 7. The van der Waals surface area contributed by atoms with E-state index in [1.807, 2.05) is 18.7 Å². The Morgan fingerprint density at radius 3 is 2.00 bits per heavy atom. The van der Waals surface area contributed by atoms with Crippen molar-refractivity contribution < 1.29 is 45.4 Å². The minimum atomic E-state index is -5.07. The molecule has 2 aromatic carbocycles. The largest absolute Gasteiger partial charge is 0.416 e. The van der Waals surface area contributed by atoms with E-state index < -0.39 is 46.2 Å². The van der Waals surface area contributed by atoms with Crippen LogP contribution in [-0.2, 0) is 27.4 Å². The van der Waals surface area contributed by atoms with Gasteiger partial charge in [-0.3, -0.25) is 9.59 Å². The summed E-state index contributed by atoms with van der Waals surface area (Å²) in [6.07, 6.45) is -7.99. The summed E-state index contributed by atoms with van der Waals surface area (Å²) in [4.78, 5) is 31.9. The van der Waals surface area contributed by atoms with Crippen LogP contribution in [0.4, 0.5) is 42.2 Å². The van der Waals surface area contributed by atoms with Gasteiger partial charge in [-0.2, -0.15) is 26.3 Å². The molecule has 3 aromatic rings. The third kappa shape index (κ3) is 9.28. The molecule has 1 aromatic heterocycles. The van der Waals surface area contributed by atoms with E-state index >= 15 is 0 Å². The van der Waals surface area contributed by atoms with Crippen molar-refractivity contribution in [3.05, 3.63) is 76.7 Å². The Balaban J connectivity index is 0.000000838. The van der Waals surface area contributed by atoms with Crippen LogP contribution in [0, 0.1) is 24.6 Å². The zero-order chi connectivity index (χ0) is 37.1. The van der Waals surface area contributed by atoms with E-state index in [9.17, 15) is 45.4 Å². The number of benzene rings is 2. The number of halogens is 7. The lowest BCUT2D eigenvalue weighted by Gasteiger charge is -2.32. The number of likely N-dealkylation sites (N-methyl/N-ethyl adjacent to an activating group) is 1. The van der Waals surface area contributed by atoms with Crippen molar-refractivity contribution in [1.82, 2.24) is 10.3 Å². The lowest BCUT2D eigenvalue weighted by atomic mass is 9.81. The van der Waals surface area contributed by atoms with Gasteiger partial charge >= 0.3 is 12.4 Å². The highest BCUT2D eigenvalue weighted by Gasteiger charge is 2.41. The van der Waals surface area contributed by atoms with E-state index in [1.54, 1.807) is 20.0 Å². The molecule has 2 N–H and O–H groups in total. The monoisotopic (exact) mass is 698 g/mol. The maximum Gasteiger partial charge on any atom is 0.416 e. The number of alkyl halides is 6. The predicted molar refractivity (Wildman–Crippen MR) is 174 cm³/mol. The number of nitrogens with one attached hydrogen (secondary N) is 1. The van der Waals surface area contributed by atoms with Gasteiger partial charge in [0.2, 0.25) is 11.8 Å². The van der Waals surface area contributed by atoms with E-state index in [0.717, 1.165) is 11.3 Å². The second-order valence-electron chi connectivity index (χ2n) is 12.9. The van der Waals surface area contributed by atoms with Crippen molar-refractivity contribution in [3.8, 4) is 11.1 Å². The SMILES string of the molecule is CNC(=O)C(C)C.Cc1cc(F)ccc1-c1cc(N2CCC(CO)C2)ncc1N(C)C(=O)C(C)(C)c1cc(C(F)(F)F)cc(C(F)(F)F)c1. The first-order valence-corrected chi connectivity index (χ1v) is 15.5. The van der Waals surface area contributed by atoms with Crippen LogP contribution >= 0.6 is 0 Å². The van der Waals surface area contributed by atoms with Gasteiger partial charge in [-0.15, -0.1) is 0 Å². The van der Waals surface area contributed by atoms with Gasteiger partial charge in [0.25, 0.3) is 0 Å². The van der Waals surface area contributed by atoms with E-state index in [-0.39, 0.29) is 36.1 Å². The predicted octanol–water partition coefficient (Wildman–Crippen LogP) is 7.38. The summed E-state index contributed by atoms with van der Waals surface area (Å²) in [5, 5.41) is 12.1. The van der Waals surface area contributed by atoms with Crippen LogP contribution in [-0.4, -0.2) is 55.7 Å². The summed E-state index contributed by atoms with van der Waals surface area (Å²) in [6.45, 7) is 9.08. The van der Waals surface area contributed by atoms with Crippen molar-refractivity contribution in [2.24, 2.45) is 11.8 Å². The molecule has 49 heavy (non-hydrogen) atoms. The molecule has 1 atom stereocenters. The maximum absolute atomic E-state index is 14.0. The van der Waals surface area contributed by atoms with E-state index in [4.69, 9.17) is 0 Å². The van der Waals surface area contributed by atoms with Crippen LogP contribution in [0.2, 0.25) is 0 Å². The average molecular weight is 699 g/mol. The summed E-state index contributed by atoms with van der Waals surface area (Å²) in [7, 11) is 3.00. The molecule has 1 unspecified atom stereocenters. The number of anilines is 2. The molecular weight excluding hydrogens is 657 g/mol. The normalized spacial score (nSPS) is 15.2. The van der Waals surface area contributed by atoms with Gasteiger partial charge in [0, 0.05) is 51.2 Å². The third-order valence-corrected chi connectivity index (χ3v) is 8.50. The lowest BCUT2D eigenvalue weighted by molar-refractivity contribution is -0.143. The van der Waals surface area contributed by atoms with Crippen LogP contribution in [0.1, 0.15) is 56.4 Å². The van der Waals surface area contributed by atoms with Crippen LogP contribution < -0.4 is 15.1 Å². The minimum absolute atomic E-state index is 0.0103. The smallest absolute Gasteiger partial charge is 0.396 e. The Hall–Kier alpha value is -4.20. The van der Waals surface area contributed by atoms with E-state index in [1.165, 1.54) is 45.3 Å². The highest BCUT2D eigenvalue weighted by molar-refractivity contribution is 6.03. The van der Waals surface area contributed by atoms with Crippen molar-refractivity contribution in [1.29, 1.82) is 0 Å². The van der Waals surface area contributed by atoms with Crippen molar-refractivity contribution in [3.63, 3.8) is 0 Å². The Kier molecular flexibility index (Phi) is 12.1. The van der Waals surface area contributed by atoms with Gasteiger partial charge < -0.3 is 20.2 Å². The van der Waals surface area contributed by atoms with Gasteiger partial charge in [-0.25, -0.2) is 9.37 Å². The van der Waals surface area contributed by atoms with Gasteiger partial charge in [0.15, 0.2) is 0 Å². The molecular formula is C35H41F7N4O3. The molecule has 2 heterocycles. The molecule has 4 rings (SSSR count). The number of amides is 2. The Morgan fingerprint density at radius 1 is 0.980 bits per heavy atom. The zero-order valence-electron chi connectivity index (χ0n) is 28.4. The van der Waals surface area contributed by atoms with Crippen molar-refractivity contribution in [2.75, 3.05) is 43.6 Å². The number of pyridine rings is 1. The summed E-state index contributed by atoms with van der Waals surface area (Å²) in [6, 6.07) is 6.92. The van der Waals surface area contributed by atoms with Gasteiger partial charge in [-0.1, -0.05) is 19.9 Å². The topological polar surface area (TPSA) is 85.8 Å². The van der Waals surface area contributed by atoms with Crippen LogP contribution in [0.25, 0.3) is 11.1 Å². The molecule has 0 radical (unpaired) electrons. The number of carbonyl (C=O) groups excluding carboxylic acids is 2. The molecule has 14 heteroatoms. The fourth-order valence-corrected chi connectivity index (χ4v) is 5.47. The van der Waals surface area contributed by atoms with Gasteiger partial charge in [-0.05, 0) is 80.3 Å². The van der Waals surface area contributed by atoms with Gasteiger partial charge in [0.1, 0.15) is 11.6 Å². The second-order valence-corrected chi connectivity index (χ2v) is 12.9. The van der Waals surface area contributed by atoms with Crippen LogP contribution in [0.3, 0.4) is 0 Å². The molecule has 1 saturated heterocycles. The first-order chi connectivity index (χ1) is 22.6. The third-order valence-electron chi connectivity index (χ3n) is 8.50. The number of aryl methyl sites for hydroxylation is 1. The molecule has 0 saturated carbocycles. The summed E-state index contributed by atoms with van der Waals surface area (Å²) >= 11 is 0. The minimum Gasteiger partial charge on any atom is -0.396 e. The lowest BCUT2D eigenvalue weighted by Crippen LogP contribution is -2.42. The molecule has 1 fully saturated rings. The van der Waals surface area contributed by atoms with Crippen LogP contribution in [0.5, 0.6) is 0 Å². The molecule has 268 valence electrons. The van der Waals surface area contributed by atoms with Gasteiger partial charge in [0.05, 0.1) is 28.4 Å². The molecule has 1 aliphatic rings. The Morgan fingerprint density at radius 2 is 1.55 bits per heavy atom. The van der Waals surface area contributed by atoms with Crippen molar-refractivity contribution >= 4 is 23.3 Å². The second kappa shape index (κ2) is 15.1. The standard InChI is InChI=1S/C30H30F7N3O2.C5H11NO/c1-17-9-22(31)5-6-23(17)24-13-26(40-8-7-18(15-40)16-41)38-14-25(24)39(4)27(42)28(2,3)19-10-20(29(32,33)34)12-21(11-19)30(35,36)37;1-4(2)5(7)6-3/h5-6,9-14,18,41H,7-8,15-16H2,1-4H3;4H,1-3H3,(H,6,7). The zero-order valence-corrected chi connectivity index (χ0v) is 28.4. The molecule has 2 amide bonds. The number of aliphatic hydroxyl groups excluding tert-OH is 1. The first-order valence-electron chi connectivity index (χ1n) is 15.5. The summed E-state index contributed by atoms with van der Waals surface area (Å²) in [5.74, 6) is -0.451. The molecule has 7 nitrogen and oxygen atoms in total. The summed E-state index contributed by atoms with van der Waals surface area (Å²) < 4.78 is 95.3. The average Bonchev–Trinajstić information content (AvgIpc) is 3.52. The Labute approximate surface area is 281 Å². The fourth-order valence-electron chi connectivity index (χ4n) is 5.47. The molecule has 0 aliphatic carbocycles. The van der Waals surface area contributed by atoms with E-state index in [2.05, 4.69) is 10.3 Å². The quantitative estimate of drug-likeness (QED) is 0.252. The van der Waals surface area contributed by atoms with E-state index in [0.29, 0.717) is 47.7 Å². The number of aliphatic hydroxyl groups is 1. The molecule has 0 bridgehead atoms. The number of nitrogens with zero attached hydrogens (tertiary/aromatic N) is 3. The maximum atomic E-state index is 14.0. The van der Waals surface area contributed by atoms with Crippen molar-refractivity contribution in [2.45, 2.75) is 58.8 Å². The first kappa shape index (κ1) is 39.2. The Bertz CT molecular complexity index is 1620.